The molecule has 0 unspecified atom stereocenters. The highest BCUT2D eigenvalue weighted by Gasteiger charge is 2.36. The number of ether oxygens (including phenoxy) is 3. The van der Waals surface area contributed by atoms with Crippen LogP contribution in [0.25, 0.3) is 0 Å². The second-order valence-corrected chi connectivity index (χ2v) is 8.84. The van der Waals surface area contributed by atoms with Gasteiger partial charge in [0.1, 0.15) is 0 Å². The molecule has 1 saturated heterocycles. The number of nitrogens with one attached hydrogen (secondary N) is 2. The van der Waals surface area contributed by atoms with Gasteiger partial charge < -0.3 is 19.5 Å². The van der Waals surface area contributed by atoms with Gasteiger partial charge in [-0.05, 0) is 55.3 Å². The fourth-order valence-corrected chi connectivity index (χ4v) is 3.95. The van der Waals surface area contributed by atoms with E-state index in [1.807, 2.05) is 26.0 Å². The van der Waals surface area contributed by atoms with Crippen molar-refractivity contribution in [3.05, 3.63) is 51.5 Å². The van der Waals surface area contributed by atoms with Gasteiger partial charge in [-0.25, -0.2) is 0 Å². The topological polar surface area (TPSA) is 123 Å². The third kappa shape index (κ3) is 6.30. The highest BCUT2D eigenvalue weighted by atomic mass is 79.9. The number of methoxy groups -OCH3 is 2. The monoisotopic (exact) mass is 547 g/mol. The smallest absolute Gasteiger partial charge is 0.311 e. The third-order valence-corrected chi connectivity index (χ3v) is 6.32. The molecule has 1 fully saturated rings. The molecule has 0 aliphatic carbocycles. The van der Waals surface area contributed by atoms with Crippen molar-refractivity contribution in [2.45, 2.75) is 20.3 Å². The summed E-state index contributed by atoms with van der Waals surface area (Å²) >= 11 is 3.43. The number of anilines is 1. The molecule has 0 saturated carbocycles. The number of carbonyl (C=O) groups is 4. The number of aryl methyl sites for hydroxylation is 2. The molecule has 1 aliphatic rings. The minimum Gasteiger partial charge on any atom is -0.493 e. The summed E-state index contributed by atoms with van der Waals surface area (Å²) in [6.45, 7) is 3.19. The predicted octanol–water partition coefficient (Wildman–Crippen LogP) is 2.76. The van der Waals surface area contributed by atoms with E-state index in [2.05, 4.69) is 26.7 Å². The third-order valence-electron chi connectivity index (χ3n) is 5.47. The lowest BCUT2D eigenvalue weighted by molar-refractivity contribution is -0.151. The minimum absolute atomic E-state index is 0.0661. The minimum atomic E-state index is -0.808. The summed E-state index contributed by atoms with van der Waals surface area (Å²) in [5, 5.41) is 3.78. The lowest BCUT2D eigenvalue weighted by Gasteiger charge is -2.18. The molecule has 1 aliphatic heterocycles. The quantitative estimate of drug-likeness (QED) is 0.487. The van der Waals surface area contributed by atoms with E-state index in [-0.39, 0.29) is 18.5 Å². The summed E-state index contributed by atoms with van der Waals surface area (Å²) in [5.41, 5.74) is 5.15. The molecule has 35 heavy (non-hydrogen) atoms. The number of rotatable bonds is 8. The molecule has 2 N–H and O–H groups in total. The van der Waals surface area contributed by atoms with Crippen LogP contribution in [0.3, 0.4) is 0 Å². The van der Waals surface area contributed by atoms with Gasteiger partial charge in [0, 0.05) is 22.1 Å². The van der Waals surface area contributed by atoms with Crippen LogP contribution in [-0.4, -0.2) is 56.1 Å². The summed E-state index contributed by atoms with van der Waals surface area (Å²) in [7, 11) is 2.92. The van der Waals surface area contributed by atoms with Gasteiger partial charge in [0.15, 0.2) is 18.1 Å². The van der Waals surface area contributed by atoms with Crippen LogP contribution in [-0.2, 0) is 19.1 Å². The van der Waals surface area contributed by atoms with Gasteiger partial charge in [-0.3, -0.25) is 29.6 Å². The zero-order valence-corrected chi connectivity index (χ0v) is 21.4. The molecular formula is C24H26BrN3O7. The van der Waals surface area contributed by atoms with Gasteiger partial charge in [-0.15, -0.1) is 0 Å². The summed E-state index contributed by atoms with van der Waals surface area (Å²) < 4.78 is 16.4. The summed E-state index contributed by atoms with van der Waals surface area (Å²) in [6.07, 6.45) is -0.141. The molecule has 3 amide bonds. The standard InChI is InChI=1S/C24H26BrN3O7/c1-13-8-18(14(2)7-17(13)25)26-21(29)12-35-24(32)16-10-22(30)28(11-16)27-23(31)15-5-6-19(33-3)20(9-15)34-4/h5-9,16H,10-12H2,1-4H3,(H,26,29)(H,27,31)/t16-/m1/s1. The summed E-state index contributed by atoms with van der Waals surface area (Å²) in [6, 6.07) is 8.27. The zero-order chi connectivity index (χ0) is 25.7. The Morgan fingerprint density at radius 3 is 2.46 bits per heavy atom. The molecule has 186 valence electrons. The molecule has 2 aromatic rings. The first kappa shape index (κ1) is 26.0. The van der Waals surface area contributed by atoms with E-state index in [9.17, 15) is 19.2 Å². The Kier molecular flexibility index (Phi) is 8.34. The number of hydrogen-bond donors (Lipinski definition) is 2. The number of benzene rings is 2. The highest BCUT2D eigenvalue weighted by Crippen LogP contribution is 2.28. The zero-order valence-electron chi connectivity index (χ0n) is 19.8. The first-order valence-corrected chi connectivity index (χ1v) is 11.5. The van der Waals surface area contributed by atoms with E-state index < -0.39 is 36.2 Å². The van der Waals surface area contributed by atoms with E-state index in [0.29, 0.717) is 17.2 Å². The first-order valence-electron chi connectivity index (χ1n) is 10.7. The van der Waals surface area contributed by atoms with Crippen molar-refractivity contribution < 1.29 is 33.4 Å². The van der Waals surface area contributed by atoms with E-state index >= 15 is 0 Å². The van der Waals surface area contributed by atoms with Gasteiger partial charge in [-0.2, -0.15) is 0 Å². The van der Waals surface area contributed by atoms with Crippen LogP contribution >= 0.6 is 15.9 Å². The maximum atomic E-state index is 12.6. The highest BCUT2D eigenvalue weighted by molar-refractivity contribution is 9.10. The Balaban J connectivity index is 1.53. The average Bonchev–Trinajstić information content (AvgIpc) is 3.20. The van der Waals surface area contributed by atoms with Crippen molar-refractivity contribution >= 4 is 45.3 Å². The van der Waals surface area contributed by atoms with E-state index in [0.717, 1.165) is 20.6 Å². The van der Waals surface area contributed by atoms with Crippen LogP contribution in [0.4, 0.5) is 5.69 Å². The molecule has 1 atom stereocenters. The van der Waals surface area contributed by atoms with E-state index in [4.69, 9.17) is 14.2 Å². The lowest BCUT2D eigenvalue weighted by Crippen LogP contribution is -2.43. The van der Waals surface area contributed by atoms with Crippen LogP contribution in [0.15, 0.2) is 34.8 Å². The van der Waals surface area contributed by atoms with Crippen molar-refractivity contribution in [1.82, 2.24) is 10.4 Å². The van der Waals surface area contributed by atoms with Crippen LogP contribution in [0.2, 0.25) is 0 Å². The molecule has 0 bridgehead atoms. The van der Waals surface area contributed by atoms with Crippen LogP contribution < -0.4 is 20.2 Å². The average molecular weight is 548 g/mol. The fraction of sp³-hybridized carbons (Fsp3) is 0.333. The first-order chi connectivity index (χ1) is 16.6. The molecule has 0 aromatic heterocycles. The lowest BCUT2D eigenvalue weighted by atomic mass is 10.1. The Bertz CT molecular complexity index is 1170. The second-order valence-electron chi connectivity index (χ2n) is 7.99. The number of halogens is 1. The normalized spacial score (nSPS) is 14.9. The Morgan fingerprint density at radius 2 is 1.77 bits per heavy atom. The van der Waals surface area contributed by atoms with Gasteiger partial charge in [0.05, 0.1) is 26.7 Å². The van der Waals surface area contributed by atoms with Gasteiger partial charge in [-0.1, -0.05) is 15.9 Å². The van der Waals surface area contributed by atoms with Gasteiger partial charge in [0.2, 0.25) is 5.91 Å². The Labute approximate surface area is 211 Å². The largest absolute Gasteiger partial charge is 0.493 e. The van der Waals surface area contributed by atoms with Gasteiger partial charge in [0.25, 0.3) is 11.8 Å². The molecule has 0 spiro atoms. The molecule has 11 heteroatoms. The SMILES string of the molecule is COc1ccc(C(=O)NN2C[C@H](C(=O)OCC(=O)Nc3cc(C)c(Br)cc3C)CC2=O)cc1OC. The number of hydrazine groups is 1. The van der Waals surface area contributed by atoms with Crippen LogP contribution in [0.1, 0.15) is 27.9 Å². The van der Waals surface area contributed by atoms with Crippen LogP contribution in [0, 0.1) is 19.8 Å². The molecule has 10 nitrogen and oxygen atoms in total. The van der Waals surface area contributed by atoms with Crippen LogP contribution in [0.5, 0.6) is 11.5 Å². The molecule has 2 aromatic carbocycles. The second kappa shape index (κ2) is 11.2. The van der Waals surface area contributed by atoms with E-state index in [1.54, 1.807) is 6.07 Å². The summed E-state index contributed by atoms with van der Waals surface area (Å²) in [5.74, 6) is -2.16. The maximum absolute atomic E-state index is 12.6. The number of carbonyl (C=O) groups excluding carboxylic acids is 4. The number of esters is 1. The maximum Gasteiger partial charge on any atom is 0.311 e. The van der Waals surface area contributed by atoms with Crippen molar-refractivity contribution in [1.29, 1.82) is 0 Å². The number of nitrogens with zero attached hydrogens (tertiary/aromatic N) is 1. The molecule has 1 heterocycles. The molecular weight excluding hydrogens is 522 g/mol. The molecule has 3 rings (SSSR count). The Morgan fingerprint density at radius 1 is 1.06 bits per heavy atom. The fourth-order valence-electron chi connectivity index (χ4n) is 3.49. The molecule has 0 radical (unpaired) electrons. The van der Waals surface area contributed by atoms with Crippen molar-refractivity contribution in [2.24, 2.45) is 5.92 Å². The predicted molar refractivity (Wildman–Crippen MR) is 130 cm³/mol. The van der Waals surface area contributed by atoms with Crippen molar-refractivity contribution in [3.8, 4) is 11.5 Å². The Hall–Kier alpha value is -3.60. The van der Waals surface area contributed by atoms with Gasteiger partial charge >= 0.3 is 5.97 Å². The van der Waals surface area contributed by atoms with Crippen molar-refractivity contribution in [2.75, 3.05) is 32.7 Å². The number of amides is 3. The number of hydrogen-bond acceptors (Lipinski definition) is 7. The van der Waals surface area contributed by atoms with E-state index in [1.165, 1.54) is 26.4 Å². The van der Waals surface area contributed by atoms with Crippen molar-refractivity contribution in [3.63, 3.8) is 0 Å². The summed E-state index contributed by atoms with van der Waals surface area (Å²) in [4.78, 5) is 49.6.